The van der Waals surface area contributed by atoms with Crippen molar-refractivity contribution < 1.29 is 14.3 Å². The Balaban J connectivity index is 1.75. The standard InChI is InChI=1S/C19H25N3O3/c1-4-25-19(24)17-12-14-11-13(5-6-16(14)20-17)18(23)22-9-7-15(8-10-22)21(2)3/h5-6,11-12,15,20H,4,7-10H2,1-3H3. The Morgan fingerprint density at radius 1 is 1.24 bits per heavy atom. The van der Waals surface area contributed by atoms with E-state index in [4.69, 9.17) is 4.74 Å². The molecule has 6 heteroatoms. The molecule has 1 aromatic carbocycles. The molecule has 1 aliphatic rings. The summed E-state index contributed by atoms with van der Waals surface area (Å²) in [4.78, 5) is 31.8. The van der Waals surface area contributed by atoms with Gasteiger partial charge in [0.15, 0.2) is 0 Å². The van der Waals surface area contributed by atoms with E-state index in [0.29, 0.717) is 23.9 Å². The average Bonchev–Trinajstić information content (AvgIpc) is 3.04. The summed E-state index contributed by atoms with van der Waals surface area (Å²) in [6.45, 7) is 3.67. The van der Waals surface area contributed by atoms with Gasteiger partial charge in [0.25, 0.3) is 5.91 Å². The smallest absolute Gasteiger partial charge is 0.354 e. The summed E-state index contributed by atoms with van der Waals surface area (Å²) in [7, 11) is 4.17. The van der Waals surface area contributed by atoms with Gasteiger partial charge in [0, 0.05) is 35.6 Å². The number of aromatic nitrogens is 1. The SMILES string of the molecule is CCOC(=O)c1cc2cc(C(=O)N3CCC(N(C)C)CC3)ccc2[nH]1. The number of fused-ring (bicyclic) bond motifs is 1. The third-order valence-corrected chi connectivity index (χ3v) is 4.85. The number of carbonyl (C=O) groups is 2. The predicted octanol–water partition coefficient (Wildman–Crippen LogP) is 2.51. The van der Waals surface area contributed by atoms with Gasteiger partial charge in [0.05, 0.1) is 6.61 Å². The molecule has 1 N–H and O–H groups in total. The summed E-state index contributed by atoms with van der Waals surface area (Å²) in [6, 6.07) is 7.78. The maximum absolute atomic E-state index is 12.8. The second-order valence-corrected chi connectivity index (χ2v) is 6.69. The minimum atomic E-state index is -0.377. The number of carbonyl (C=O) groups excluding carboxylic acids is 2. The fraction of sp³-hybridized carbons (Fsp3) is 0.474. The summed E-state index contributed by atoms with van der Waals surface area (Å²) in [5.41, 5.74) is 1.89. The number of H-pyrrole nitrogens is 1. The van der Waals surface area contributed by atoms with Gasteiger partial charge in [0.2, 0.25) is 0 Å². The maximum atomic E-state index is 12.8. The molecule has 0 saturated carbocycles. The molecule has 0 spiro atoms. The van der Waals surface area contributed by atoms with Crippen molar-refractivity contribution in [1.29, 1.82) is 0 Å². The van der Waals surface area contributed by atoms with Crippen LogP contribution in [0.15, 0.2) is 24.3 Å². The number of hydrogen-bond donors (Lipinski definition) is 1. The van der Waals surface area contributed by atoms with E-state index in [1.807, 2.05) is 23.1 Å². The molecule has 1 amide bonds. The van der Waals surface area contributed by atoms with Crippen molar-refractivity contribution in [3.63, 3.8) is 0 Å². The Morgan fingerprint density at radius 2 is 1.96 bits per heavy atom. The summed E-state index contributed by atoms with van der Waals surface area (Å²) in [5.74, 6) is -0.324. The van der Waals surface area contributed by atoms with Crippen LogP contribution in [0.25, 0.3) is 10.9 Å². The van der Waals surface area contributed by atoms with E-state index in [0.717, 1.165) is 36.8 Å². The largest absolute Gasteiger partial charge is 0.461 e. The molecular formula is C19H25N3O3. The fourth-order valence-corrected chi connectivity index (χ4v) is 3.35. The number of amides is 1. The van der Waals surface area contributed by atoms with E-state index in [1.165, 1.54) is 0 Å². The molecular weight excluding hydrogens is 318 g/mol. The molecule has 0 unspecified atom stereocenters. The first-order chi connectivity index (χ1) is 12.0. The Labute approximate surface area is 147 Å². The van der Waals surface area contributed by atoms with Gasteiger partial charge in [-0.25, -0.2) is 4.79 Å². The number of esters is 1. The highest BCUT2D eigenvalue weighted by Gasteiger charge is 2.24. The van der Waals surface area contributed by atoms with Crippen molar-refractivity contribution in [2.45, 2.75) is 25.8 Å². The van der Waals surface area contributed by atoms with E-state index in [9.17, 15) is 9.59 Å². The van der Waals surface area contributed by atoms with E-state index >= 15 is 0 Å². The third-order valence-electron chi connectivity index (χ3n) is 4.85. The number of hydrogen-bond acceptors (Lipinski definition) is 4. The molecule has 3 rings (SSSR count). The normalized spacial score (nSPS) is 15.8. The van der Waals surface area contributed by atoms with Crippen LogP contribution in [0.2, 0.25) is 0 Å². The zero-order valence-corrected chi connectivity index (χ0v) is 15.0. The number of rotatable bonds is 4. The van der Waals surface area contributed by atoms with Gasteiger partial charge < -0.3 is 19.5 Å². The second kappa shape index (κ2) is 7.27. The number of ether oxygens (including phenoxy) is 1. The Kier molecular flexibility index (Phi) is 5.08. The number of piperidine rings is 1. The molecule has 0 bridgehead atoms. The molecule has 1 aromatic heterocycles. The molecule has 1 fully saturated rings. The number of benzene rings is 1. The Morgan fingerprint density at radius 3 is 2.60 bits per heavy atom. The predicted molar refractivity (Wildman–Crippen MR) is 96.9 cm³/mol. The topological polar surface area (TPSA) is 65.6 Å². The van der Waals surface area contributed by atoms with Crippen LogP contribution in [0.3, 0.4) is 0 Å². The fourth-order valence-electron chi connectivity index (χ4n) is 3.35. The van der Waals surface area contributed by atoms with Crippen LogP contribution in [0.4, 0.5) is 0 Å². The molecule has 1 aliphatic heterocycles. The molecule has 0 atom stereocenters. The molecule has 1 saturated heterocycles. The van der Waals surface area contributed by atoms with E-state index in [-0.39, 0.29) is 11.9 Å². The zero-order chi connectivity index (χ0) is 18.0. The van der Waals surface area contributed by atoms with Crippen LogP contribution >= 0.6 is 0 Å². The lowest BCUT2D eigenvalue weighted by Gasteiger charge is -2.35. The minimum Gasteiger partial charge on any atom is -0.461 e. The lowest BCUT2D eigenvalue weighted by Crippen LogP contribution is -2.44. The molecule has 2 heterocycles. The van der Waals surface area contributed by atoms with Crippen LogP contribution in [0.5, 0.6) is 0 Å². The minimum absolute atomic E-state index is 0.0537. The van der Waals surface area contributed by atoms with Gasteiger partial charge in [-0.3, -0.25) is 4.79 Å². The number of aromatic amines is 1. The van der Waals surface area contributed by atoms with Gasteiger partial charge >= 0.3 is 5.97 Å². The lowest BCUT2D eigenvalue weighted by molar-refractivity contribution is 0.0520. The number of likely N-dealkylation sites (tertiary alicyclic amines) is 1. The molecule has 0 aliphatic carbocycles. The number of nitrogens with one attached hydrogen (secondary N) is 1. The summed E-state index contributed by atoms with van der Waals surface area (Å²) >= 11 is 0. The van der Waals surface area contributed by atoms with Gasteiger partial charge in [-0.1, -0.05) is 0 Å². The van der Waals surface area contributed by atoms with Gasteiger partial charge in [-0.15, -0.1) is 0 Å². The molecule has 2 aromatic rings. The van der Waals surface area contributed by atoms with Crippen molar-refractivity contribution in [2.24, 2.45) is 0 Å². The van der Waals surface area contributed by atoms with Crippen LogP contribution in [0.1, 0.15) is 40.6 Å². The highest BCUT2D eigenvalue weighted by Crippen LogP contribution is 2.21. The Hall–Kier alpha value is -2.34. The zero-order valence-electron chi connectivity index (χ0n) is 15.0. The summed E-state index contributed by atoms with van der Waals surface area (Å²) < 4.78 is 5.01. The van der Waals surface area contributed by atoms with Gasteiger partial charge in [-0.2, -0.15) is 0 Å². The van der Waals surface area contributed by atoms with Crippen molar-refractivity contribution in [3.8, 4) is 0 Å². The van der Waals surface area contributed by atoms with E-state index in [2.05, 4.69) is 24.0 Å². The first-order valence-electron chi connectivity index (χ1n) is 8.75. The van der Waals surface area contributed by atoms with Crippen molar-refractivity contribution in [2.75, 3.05) is 33.8 Å². The number of nitrogens with zero attached hydrogens (tertiary/aromatic N) is 2. The lowest BCUT2D eigenvalue weighted by atomic mass is 10.0. The van der Waals surface area contributed by atoms with E-state index in [1.54, 1.807) is 13.0 Å². The Bertz CT molecular complexity index is 773. The van der Waals surface area contributed by atoms with Gasteiger partial charge in [0.1, 0.15) is 5.69 Å². The average molecular weight is 343 g/mol. The third kappa shape index (κ3) is 3.69. The van der Waals surface area contributed by atoms with Crippen molar-refractivity contribution in [3.05, 3.63) is 35.5 Å². The molecule has 0 radical (unpaired) electrons. The van der Waals surface area contributed by atoms with E-state index < -0.39 is 0 Å². The molecule has 6 nitrogen and oxygen atoms in total. The van der Waals surface area contributed by atoms with Crippen LogP contribution in [-0.4, -0.2) is 66.5 Å². The first kappa shape index (κ1) is 17.5. The summed E-state index contributed by atoms with van der Waals surface area (Å²) in [5, 5.41) is 0.845. The highest BCUT2D eigenvalue weighted by atomic mass is 16.5. The van der Waals surface area contributed by atoms with Crippen molar-refractivity contribution >= 4 is 22.8 Å². The van der Waals surface area contributed by atoms with Crippen LogP contribution < -0.4 is 0 Å². The van der Waals surface area contributed by atoms with Crippen molar-refractivity contribution in [1.82, 2.24) is 14.8 Å². The molecule has 134 valence electrons. The van der Waals surface area contributed by atoms with Gasteiger partial charge in [-0.05, 0) is 58.1 Å². The quantitative estimate of drug-likeness (QED) is 0.867. The van der Waals surface area contributed by atoms with Crippen LogP contribution in [0, 0.1) is 0 Å². The van der Waals surface area contributed by atoms with Crippen LogP contribution in [-0.2, 0) is 4.74 Å². The monoisotopic (exact) mass is 343 g/mol. The summed E-state index contributed by atoms with van der Waals surface area (Å²) in [6.07, 6.45) is 2.00. The first-order valence-corrected chi connectivity index (χ1v) is 8.75. The molecule has 25 heavy (non-hydrogen) atoms. The second-order valence-electron chi connectivity index (χ2n) is 6.69. The highest BCUT2D eigenvalue weighted by molar-refractivity contribution is 6.00. The maximum Gasteiger partial charge on any atom is 0.354 e.